The SMILES string of the molecule is CCc1ccccc1Nc1nccc(NCCc2ccc(OC)cc2)n1. The van der Waals surface area contributed by atoms with Gasteiger partial charge in [-0.2, -0.15) is 4.98 Å². The molecule has 0 amide bonds. The van der Waals surface area contributed by atoms with E-state index in [1.165, 1.54) is 11.1 Å². The minimum absolute atomic E-state index is 0.598. The summed E-state index contributed by atoms with van der Waals surface area (Å²) in [7, 11) is 1.68. The number of aromatic nitrogens is 2. The molecule has 3 rings (SSSR count). The summed E-state index contributed by atoms with van der Waals surface area (Å²) >= 11 is 0. The predicted molar refractivity (Wildman–Crippen MR) is 106 cm³/mol. The number of ether oxygens (including phenoxy) is 1. The normalized spacial score (nSPS) is 10.4. The van der Waals surface area contributed by atoms with E-state index >= 15 is 0 Å². The van der Waals surface area contributed by atoms with Crippen molar-refractivity contribution in [3.05, 3.63) is 71.9 Å². The lowest BCUT2D eigenvalue weighted by atomic mass is 10.1. The van der Waals surface area contributed by atoms with Gasteiger partial charge < -0.3 is 15.4 Å². The molecule has 2 N–H and O–H groups in total. The van der Waals surface area contributed by atoms with Gasteiger partial charge in [0.1, 0.15) is 11.6 Å². The van der Waals surface area contributed by atoms with E-state index in [9.17, 15) is 0 Å². The van der Waals surface area contributed by atoms with Gasteiger partial charge in [0, 0.05) is 18.4 Å². The van der Waals surface area contributed by atoms with Gasteiger partial charge in [-0.3, -0.25) is 0 Å². The summed E-state index contributed by atoms with van der Waals surface area (Å²) in [6.45, 7) is 2.94. The van der Waals surface area contributed by atoms with E-state index < -0.39 is 0 Å². The van der Waals surface area contributed by atoms with Gasteiger partial charge in [0.05, 0.1) is 7.11 Å². The van der Waals surface area contributed by atoms with E-state index in [-0.39, 0.29) is 0 Å². The number of aryl methyl sites for hydroxylation is 1. The van der Waals surface area contributed by atoms with Crippen molar-refractivity contribution in [2.45, 2.75) is 19.8 Å². The van der Waals surface area contributed by atoms with Crippen molar-refractivity contribution < 1.29 is 4.74 Å². The Morgan fingerprint density at radius 3 is 2.58 bits per heavy atom. The number of rotatable bonds is 8. The van der Waals surface area contributed by atoms with E-state index in [0.29, 0.717) is 5.95 Å². The molecule has 26 heavy (non-hydrogen) atoms. The minimum atomic E-state index is 0.598. The largest absolute Gasteiger partial charge is 0.497 e. The maximum Gasteiger partial charge on any atom is 0.229 e. The molecule has 0 aliphatic rings. The van der Waals surface area contributed by atoms with E-state index in [0.717, 1.165) is 36.6 Å². The lowest BCUT2D eigenvalue weighted by molar-refractivity contribution is 0.414. The summed E-state index contributed by atoms with van der Waals surface area (Å²) in [4.78, 5) is 8.87. The Morgan fingerprint density at radius 2 is 1.81 bits per heavy atom. The molecule has 5 heteroatoms. The molecular formula is C21H24N4O. The number of para-hydroxylation sites is 1. The fourth-order valence-corrected chi connectivity index (χ4v) is 2.72. The van der Waals surface area contributed by atoms with E-state index in [4.69, 9.17) is 4.74 Å². The van der Waals surface area contributed by atoms with Crippen LogP contribution in [0.4, 0.5) is 17.5 Å². The van der Waals surface area contributed by atoms with Crippen LogP contribution in [0.2, 0.25) is 0 Å². The molecule has 0 aliphatic heterocycles. The molecule has 0 fully saturated rings. The molecule has 0 atom stereocenters. The zero-order chi connectivity index (χ0) is 18.2. The van der Waals surface area contributed by atoms with Gasteiger partial charge >= 0.3 is 0 Å². The number of benzene rings is 2. The van der Waals surface area contributed by atoms with Crippen LogP contribution in [0.15, 0.2) is 60.8 Å². The van der Waals surface area contributed by atoms with Crippen LogP contribution in [0.5, 0.6) is 5.75 Å². The van der Waals surface area contributed by atoms with Crippen LogP contribution in [0.3, 0.4) is 0 Å². The molecule has 0 bridgehead atoms. The van der Waals surface area contributed by atoms with Gasteiger partial charge in [-0.15, -0.1) is 0 Å². The second kappa shape index (κ2) is 8.85. The fourth-order valence-electron chi connectivity index (χ4n) is 2.72. The smallest absolute Gasteiger partial charge is 0.229 e. The molecule has 134 valence electrons. The molecule has 3 aromatic rings. The molecular weight excluding hydrogens is 324 g/mol. The number of hydrogen-bond acceptors (Lipinski definition) is 5. The van der Waals surface area contributed by atoms with Gasteiger partial charge in [0.2, 0.25) is 5.95 Å². The minimum Gasteiger partial charge on any atom is -0.497 e. The lowest BCUT2D eigenvalue weighted by Crippen LogP contribution is -2.08. The highest BCUT2D eigenvalue weighted by Gasteiger charge is 2.03. The molecule has 0 saturated carbocycles. The quantitative estimate of drug-likeness (QED) is 0.630. The van der Waals surface area contributed by atoms with Crippen molar-refractivity contribution in [1.29, 1.82) is 0 Å². The highest BCUT2D eigenvalue weighted by Crippen LogP contribution is 2.19. The summed E-state index contributed by atoms with van der Waals surface area (Å²) < 4.78 is 5.18. The first kappa shape index (κ1) is 17.7. The summed E-state index contributed by atoms with van der Waals surface area (Å²) in [6.07, 6.45) is 3.64. The Kier molecular flexibility index (Phi) is 6.04. The zero-order valence-corrected chi connectivity index (χ0v) is 15.2. The monoisotopic (exact) mass is 348 g/mol. The van der Waals surface area contributed by atoms with Crippen LogP contribution in [-0.4, -0.2) is 23.6 Å². The predicted octanol–water partition coefficient (Wildman–Crippen LogP) is 4.45. The van der Waals surface area contributed by atoms with Crippen molar-refractivity contribution >= 4 is 17.5 Å². The zero-order valence-electron chi connectivity index (χ0n) is 15.2. The first-order chi connectivity index (χ1) is 12.8. The summed E-state index contributed by atoms with van der Waals surface area (Å²) in [6, 6.07) is 18.2. The Hall–Kier alpha value is -3.08. The van der Waals surface area contributed by atoms with Crippen molar-refractivity contribution in [2.75, 3.05) is 24.3 Å². The lowest BCUT2D eigenvalue weighted by Gasteiger charge is -2.11. The molecule has 1 aromatic heterocycles. The Balaban J connectivity index is 1.58. The highest BCUT2D eigenvalue weighted by atomic mass is 16.5. The van der Waals surface area contributed by atoms with Gasteiger partial charge in [-0.05, 0) is 48.2 Å². The van der Waals surface area contributed by atoms with Crippen LogP contribution in [-0.2, 0) is 12.8 Å². The maximum atomic E-state index is 5.18. The number of nitrogens with zero attached hydrogens (tertiary/aromatic N) is 2. The van der Waals surface area contributed by atoms with Crippen molar-refractivity contribution in [2.24, 2.45) is 0 Å². The third kappa shape index (κ3) is 4.72. The van der Waals surface area contributed by atoms with Gasteiger partial charge in [-0.25, -0.2) is 4.98 Å². The summed E-state index contributed by atoms with van der Waals surface area (Å²) in [5, 5.41) is 6.66. The Morgan fingerprint density at radius 1 is 1.00 bits per heavy atom. The summed E-state index contributed by atoms with van der Waals surface area (Å²) in [5.41, 5.74) is 3.54. The average molecular weight is 348 g/mol. The fraction of sp³-hybridized carbons (Fsp3) is 0.238. The standard InChI is InChI=1S/C21H24N4O/c1-3-17-6-4-5-7-19(17)24-21-23-15-13-20(25-21)22-14-12-16-8-10-18(26-2)11-9-16/h4-11,13,15H,3,12,14H2,1-2H3,(H2,22,23,24,25). The topological polar surface area (TPSA) is 59.1 Å². The molecule has 5 nitrogen and oxygen atoms in total. The molecule has 0 radical (unpaired) electrons. The van der Waals surface area contributed by atoms with Crippen LogP contribution in [0.1, 0.15) is 18.1 Å². The van der Waals surface area contributed by atoms with Crippen LogP contribution < -0.4 is 15.4 Å². The van der Waals surface area contributed by atoms with E-state index in [1.54, 1.807) is 13.3 Å². The van der Waals surface area contributed by atoms with Crippen LogP contribution in [0.25, 0.3) is 0 Å². The van der Waals surface area contributed by atoms with Crippen molar-refractivity contribution in [3.63, 3.8) is 0 Å². The second-order valence-corrected chi connectivity index (χ2v) is 5.93. The number of nitrogens with one attached hydrogen (secondary N) is 2. The average Bonchev–Trinajstić information content (AvgIpc) is 2.69. The third-order valence-corrected chi connectivity index (χ3v) is 4.18. The first-order valence-corrected chi connectivity index (χ1v) is 8.83. The number of anilines is 3. The van der Waals surface area contributed by atoms with E-state index in [1.807, 2.05) is 36.4 Å². The van der Waals surface area contributed by atoms with E-state index in [2.05, 4.69) is 45.7 Å². The maximum absolute atomic E-state index is 5.18. The summed E-state index contributed by atoms with van der Waals surface area (Å²) in [5.74, 6) is 2.28. The van der Waals surface area contributed by atoms with Gasteiger partial charge in [0.25, 0.3) is 0 Å². The first-order valence-electron chi connectivity index (χ1n) is 8.83. The van der Waals surface area contributed by atoms with Crippen molar-refractivity contribution in [1.82, 2.24) is 9.97 Å². The van der Waals surface area contributed by atoms with Gasteiger partial charge in [0.15, 0.2) is 0 Å². The van der Waals surface area contributed by atoms with Crippen LogP contribution in [0, 0.1) is 0 Å². The Bertz CT molecular complexity index is 833. The van der Waals surface area contributed by atoms with Gasteiger partial charge in [-0.1, -0.05) is 37.3 Å². The Labute approximate surface area is 154 Å². The number of hydrogen-bond donors (Lipinski definition) is 2. The molecule has 0 aliphatic carbocycles. The molecule has 0 unspecified atom stereocenters. The second-order valence-electron chi connectivity index (χ2n) is 5.93. The molecule has 1 heterocycles. The highest BCUT2D eigenvalue weighted by molar-refractivity contribution is 5.59. The molecule has 0 spiro atoms. The third-order valence-electron chi connectivity index (χ3n) is 4.18. The van der Waals surface area contributed by atoms with Crippen LogP contribution >= 0.6 is 0 Å². The van der Waals surface area contributed by atoms with Crippen molar-refractivity contribution in [3.8, 4) is 5.75 Å². The molecule has 0 saturated heterocycles. The molecule has 2 aromatic carbocycles. The number of methoxy groups -OCH3 is 1.